The topological polar surface area (TPSA) is 64.1 Å². The SMILES string of the molecule is CCCCC[C@H](NC(=O)OC(C)(C)C)c1nnc(-c2ccccc2)s1. The molecule has 1 aromatic heterocycles. The van der Waals surface area contributed by atoms with Crippen LogP contribution in [0.4, 0.5) is 4.79 Å². The zero-order valence-corrected chi connectivity index (χ0v) is 16.2. The number of rotatable bonds is 7. The minimum absolute atomic E-state index is 0.170. The number of nitrogens with one attached hydrogen (secondary N) is 1. The Hall–Kier alpha value is -1.95. The molecule has 6 heteroatoms. The molecule has 25 heavy (non-hydrogen) atoms. The lowest BCUT2D eigenvalue weighted by molar-refractivity contribution is 0.0500. The van der Waals surface area contributed by atoms with Crippen LogP contribution in [-0.2, 0) is 4.74 Å². The van der Waals surface area contributed by atoms with E-state index in [9.17, 15) is 4.79 Å². The standard InChI is InChI=1S/C19H27N3O2S/c1-5-6-8-13-15(20-18(23)24-19(2,3)4)17-22-21-16(25-17)14-11-9-7-10-12-14/h7,9-12,15H,5-6,8,13H2,1-4H3,(H,20,23)/t15-/m0/s1. The van der Waals surface area contributed by atoms with E-state index in [1.54, 1.807) is 0 Å². The summed E-state index contributed by atoms with van der Waals surface area (Å²) in [5.74, 6) is 0. The summed E-state index contributed by atoms with van der Waals surface area (Å²) in [6.45, 7) is 7.74. The number of hydrogen-bond donors (Lipinski definition) is 1. The number of benzene rings is 1. The van der Waals surface area contributed by atoms with Crippen molar-refractivity contribution in [2.24, 2.45) is 0 Å². The first-order valence-corrected chi connectivity index (χ1v) is 9.59. The number of unbranched alkanes of at least 4 members (excludes halogenated alkanes) is 2. The van der Waals surface area contributed by atoms with E-state index in [1.165, 1.54) is 11.3 Å². The Kier molecular flexibility index (Phi) is 6.93. The summed E-state index contributed by atoms with van der Waals surface area (Å²) in [5.41, 5.74) is 0.518. The highest BCUT2D eigenvalue weighted by Gasteiger charge is 2.23. The number of ether oxygens (including phenoxy) is 1. The van der Waals surface area contributed by atoms with Gasteiger partial charge < -0.3 is 10.1 Å². The molecule has 5 nitrogen and oxygen atoms in total. The van der Waals surface area contributed by atoms with Crippen molar-refractivity contribution in [3.05, 3.63) is 35.3 Å². The van der Waals surface area contributed by atoms with E-state index < -0.39 is 11.7 Å². The molecule has 0 saturated heterocycles. The average molecular weight is 362 g/mol. The van der Waals surface area contributed by atoms with Crippen LogP contribution in [0.2, 0.25) is 0 Å². The zero-order valence-electron chi connectivity index (χ0n) is 15.4. The maximum Gasteiger partial charge on any atom is 0.408 e. The third-order valence-corrected chi connectivity index (χ3v) is 4.63. The highest BCUT2D eigenvalue weighted by Crippen LogP contribution is 2.29. The molecule has 2 rings (SSSR count). The molecule has 1 aromatic carbocycles. The minimum atomic E-state index is -0.519. The maximum absolute atomic E-state index is 12.2. The summed E-state index contributed by atoms with van der Waals surface area (Å²) in [5, 5.41) is 13.3. The number of nitrogens with zero attached hydrogens (tertiary/aromatic N) is 2. The van der Waals surface area contributed by atoms with Crippen LogP contribution in [0.1, 0.15) is 64.4 Å². The van der Waals surface area contributed by atoms with Crippen molar-refractivity contribution in [3.8, 4) is 10.6 Å². The lowest BCUT2D eigenvalue weighted by atomic mass is 10.1. The van der Waals surface area contributed by atoms with Crippen molar-refractivity contribution in [2.45, 2.75) is 65.0 Å². The Morgan fingerprint density at radius 2 is 1.92 bits per heavy atom. The first-order valence-electron chi connectivity index (χ1n) is 8.77. The van der Waals surface area contributed by atoms with Crippen molar-refractivity contribution < 1.29 is 9.53 Å². The first kappa shape index (κ1) is 19.4. The van der Waals surface area contributed by atoms with Gasteiger partial charge in [-0.05, 0) is 27.2 Å². The number of carbonyl (C=O) groups excluding carboxylic acids is 1. The molecular weight excluding hydrogens is 334 g/mol. The number of alkyl carbamates (subject to hydrolysis) is 1. The molecule has 0 fully saturated rings. The van der Waals surface area contributed by atoms with E-state index in [0.717, 1.165) is 41.3 Å². The van der Waals surface area contributed by atoms with Crippen LogP contribution in [0, 0.1) is 0 Å². The van der Waals surface area contributed by atoms with Gasteiger partial charge in [-0.15, -0.1) is 10.2 Å². The molecule has 1 amide bonds. The van der Waals surface area contributed by atoms with Gasteiger partial charge in [0.2, 0.25) is 0 Å². The van der Waals surface area contributed by atoms with Gasteiger partial charge in [-0.2, -0.15) is 0 Å². The molecular formula is C19H27N3O2S. The van der Waals surface area contributed by atoms with Gasteiger partial charge in [-0.1, -0.05) is 67.9 Å². The molecule has 1 atom stereocenters. The Morgan fingerprint density at radius 1 is 1.20 bits per heavy atom. The quantitative estimate of drug-likeness (QED) is 0.675. The normalized spacial score (nSPS) is 12.6. The predicted molar refractivity (Wildman–Crippen MR) is 102 cm³/mol. The Labute approximate surface area is 153 Å². The van der Waals surface area contributed by atoms with Crippen molar-refractivity contribution in [3.63, 3.8) is 0 Å². The largest absolute Gasteiger partial charge is 0.444 e. The van der Waals surface area contributed by atoms with E-state index >= 15 is 0 Å². The van der Waals surface area contributed by atoms with Gasteiger partial charge in [0, 0.05) is 5.56 Å². The molecule has 0 aliphatic heterocycles. The Bertz CT molecular complexity index is 665. The van der Waals surface area contributed by atoms with Crippen LogP contribution >= 0.6 is 11.3 Å². The van der Waals surface area contributed by atoms with Crippen molar-refractivity contribution in [1.29, 1.82) is 0 Å². The molecule has 136 valence electrons. The van der Waals surface area contributed by atoms with Gasteiger partial charge in [0.1, 0.15) is 15.6 Å². The van der Waals surface area contributed by atoms with Crippen molar-refractivity contribution in [2.75, 3.05) is 0 Å². The zero-order chi connectivity index (χ0) is 18.3. The molecule has 0 radical (unpaired) electrons. The lowest BCUT2D eigenvalue weighted by Crippen LogP contribution is -2.35. The van der Waals surface area contributed by atoms with E-state index in [4.69, 9.17) is 4.74 Å². The van der Waals surface area contributed by atoms with Gasteiger partial charge in [-0.3, -0.25) is 0 Å². The second-order valence-electron chi connectivity index (χ2n) is 7.01. The van der Waals surface area contributed by atoms with E-state index in [2.05, 4.69) is 22.4 Å². The molecule has 1 heterocycles. The fourth-order valence-corrected chi connectivity index (χ4v) is 3.31. The monoisotopic (exact) mass is 361 g/mol. The van der Waals surface area contributed by atoms with Crippen LogP contribution in [-0.4, -0.2) is 21.9 Å². The predicted octanol–water partition coefficient (Wildman–Crippen LogP) is 5.35. The fourth-order valence-electron chi connectivity index (χ4n) is 2.38. The van der Waals surface area contributed by atoms with Crippen LogP contribution in [0.3, 0.4) is 0 Å². The number of amides is 1. The second kappa shape index (κ2) is 8.94. The Morgan fingerprint density at radius 3 is 2.56 bits per heavy atom. The molecule has 0 unspecified atom stereocenters. The lowest BCUT2D eigenvalue weighted by Gasteiger charge is -2.22. The molecule has 0 spiro atoms. The highest BCUT2D eigenvalue weighted by molar-refractivity contribution is 7.14. The maximum atomic E-state index is 12.2. The van der Waals surface area contributed by atoms with Gasteiger partial charge in [0.05, 0.1) is 6.04 Å². The van der Waals surface area contributed by atoms with Crippen LogP contribution in [0.25, 0.3) is 10.6 Å². The second-order valence-corrected chi connectivity index (χ2v) is 8.02. The minimum Gasteiger partial charge on any atom is -0.444 e. The van der Waals surface area contributed by atoms with E-state index in [0.29, 0.717) is 0 Å². The third kappa shape index (κ3) is 6.46. The Balaban J connectivity index is 2.12. The van der Waals surface area contributed by atoms with Crippen LogP contribution in [0.15, 0.2) is 30.3 Å². The van der Waals surface area contributed by atoms with Crippen LogP contribution in [0.5, 0.6) is 0 Å². The van der Waals surface area contributed by atoms with Crippen LogP contribution < -0.4 is 5.32 Å². The van der Waals surface area contributed by atoms with Gasteiger partial charge in [-0.25, -0.2) is 4.79 Å². The molecule has 0 aliphatic carbocycles. The molecule has 1 N–H and O–H groups in total. The third-order valence-electron chi connectivity index (χ3n) is 3.55. The summed E-state index contributed by atoms with van der Waals surface area (Å²) < 4.78 is 5.39. The summed E-state index contributed by atoms with van der Waals surface area (Å²) in [4.78, 5) is 12.2. The average Bonchev–Trinajstić information content (AvgIpc) is 3.03. The van der Waals surface area contributed by atoms with Crippen molar-refractivity contribution in [1.82, 2.24) is 15.5 Å². The number of aromatic nitrogens is 2. The summed E-state index contributed by atoms with van der Waals surface area (Å²) in [6.07, 6.45) is 3.69. The number of carbonyl (C=O) groups is 1. The van der Waals surface area contributed by atoms with Gasteiger partial charge in [0.25, 0.3) is 0 Å². The smallest absolute Gasteiger partial charge is 0.408 e. The molecule has 0 bridgehead atoms. The first-order chi connectivity index (χ1) is 11.9. The molecule has 0 saturated carbocycles. The summed E-state index contributed by atoms with van der Waals surface area (Å²) in [6, 6.07) is 9.79. The summed E-state index contributed by atoms with van der Waals surface area (Å²) in [7, 11) is 0. The van der Waals surface area contributed by atoms with Gasteiger partial charge in [0.15, 0.2) is 0 Å². The van der Waals surface area contributed by atoms with Crippen molar-refractivity contribution >= 4 is 17.4 Å². The fraction of sp³-hybridized carbons (Fsp3) is 0.526. The highest BCUT2D eigenvalue weighted by atomic mass is 32.1. The van der Waals surface area contributed by atoms with E-state index in [-0.39, 0.29) is 6.04 Å². The molecule has 2 aromatic rings. The molecule has 0 aliphatic rings. The number of hydrogen-bond acceptors (Lipinski definition) is 5. The van der Waals surface area contributed by atoms with E-state index in [1.807, 2.05) is 51.1 Å². The van der Waals surface area contributed by atoms with Gasteiger partial charge >= 0.3 is 6.09 Å². The summed E-state index contributed by atoms with van der Waals surface area (Å²) >= 11 is 1.52.